The molecule has 7 nitrogen and oxygen atoms in total. The summed E-state index contributed by atoms with van der Waals surface area (Å²) < 4.78 is 1.17. The molecule has 29 heavy (non-hydrogen) atoms. The lowest BCUT2D eigenvalue weighted by molar-refractivity contribution is -0.125. The summed E-state index contributed by atoms with van der Waals surface area (Å²) in [7, 11) is 0. The van der Waals surface area contributed by atoms with Gasteiger partial charge in [0.25, 0.3) is 5.56 Å². The fourth-order valence-corrected chi connectivity index (χ4v) is 3.77. The third-order valence-corrected chi connectivity index (χ3v) is 5.52. The average Bonchev–Trinajstić information content (AvgIpc) is 2.76. The van der Waals surface area contributed by atoms with Crippen molar-refractivity contribution in [3.63, 3.8) is 0 Å². The minimum atomic E-state index is -0.707. The summed E-state index contributed by atoms with van der Waals surface area (Å²) in [6.45, 7) is 4.48. The number of carbonyl (C=O) groups is 1. The number of rotatable bonds is 5. The number of aromatic nitrogens is 3. The van der Waals surface area contributed by atoms with Gasteiger partial charge in [0.2, 0.25) is 5.91 Å². The maximum Gasteiger partial charge on any atom is 0.278 e. The molecule has 0 unspecified atom stereocenters. The fraction of sp³-hybridized carbons (Fsp3) is 0.364. The number of nitrogens with zero attached hydrogens (tertiary/aromatic N) is 4. The molecule has 0 aliphatic carbocycles. The second-order valence-electron chi connectivity index (χ2n) is 7.58. The normalized spacial score (nSPS) is 16.6. The monoisotopic (exact) mass is 391 g/mol. The van der Waals surface area contributed by atoms with E-state index in [2.05, 4.69) is 44.8 Å². The fourth-order valence-electron chi connectivity index (χ4n) is 3.77. The van der Waals surface area contributed by atoms with Crippen LogP contribution in [0.5, 0.6) is 0 Å². The van der Waals surface area contributed by atoms with Crippen LogP contribution in [0.1, 0.15) is 31.4 Å². The Hall–Kier alpha value is -3.06. The molecule has 2 aromatic carbocycles. The molecule has 1 fully saturated rings. The van der Waals surface area contributed by atoms with Crippen LogP contribution in [0.4, 0.5) is 0 Å². The third kappa shape index (κ3) is 4.35. The molecule has 0 spiro atoms. The molecule has 1 amide bonds. The van der Waals surface area contributed by atoms with Crippen LogP contribution in [-0.2, 0) is 11.3 Å². The molecule has 2 heterocycles. The van der Waals surface area contributed by atoms with E-state index < -0.39 is 6.04 Å². The Morgan fingerprint density at radius 3 is 2.55 bits per heavy atom. The highest BCUT2D eigenvalue weighted by molar-refractivity contribution is 5.81. The van der Waals surface area contributed by atoms with Gasteiger partial charge in [0.05, 0.1) is 5.39 Å². The summed E-state index contributed by atoms with van der Waals surface area (Å²) in [5, 5.41) is 11.6. The van der Waals surface area contributed by atoms with E-state index in [0.717, 1.165) is 32.5 Å². The summed E-state index contributed by atoms with van der Waals surface area (Å²) in [6.07, 6.45) is 1.78. The van der Waals surface area contributed by atoms with Crippen molar-refractivity contribution in [2.75, 3.05) is 13.1 Å². The lowest BCUT2D eigenvalue weighted by Gasteiger charge is -2.32. The minimum absolute atomic E-state index is 0.112. The standard InChI is InChI=1S/C22H25N5O2/c1-16(27-22(29)19-9-5-6-10-20(19)24-25-27)21(28)23-18-11-13-26(14-12-18)15-17-7-3-2-4-8-17/h2-10,16,18H,11-15H2,1H3,(H,23,28)/t16-/m1/s1. The van der Waals surface area contributed by atoms with Crippen LogP contribution in [0.25, 0.3) is 10.9 Å². The summed E-state index contributed by atoms with van der Waals surface area (Å²) in [4.78, 5) is 27.8. The number of benzene rings is 2. The number of carbonyl (C=O) groups excluding carboxylic acids is 1. The molecule has 1 saturated heterocycles. The predicted molar refractivity (Wildman–Crippen MR) is 111 cm³/mol. The Labute approximate surface area is 169 Å². The van der Waals surface area contributed by atoms with Crippen LogP contribution < -0.4 is 10.9 Å². The van der Waals surface area contributed by atoms with Gasteiger partial charge in [-0.3, -0.25) is 14.5 Å². The SMILES string of the molecule is C[C@H](C(=O)NC1CCN(Cc2ccccc2)CC1)n1nnc2ccccc2c1=O. The molecule has 1 atom stereocenters. The van der Waals surface area contributed by atoms with Gasteiger partial charge in [-0.15, -0.1) is 5.10 Å². The molecule has 0 bridgehead atoms. The molecular formula is C22H25N5O2. The zero-order valence-corrected chi connectivity index (χ0v) is 16.5. The smallest absolute Gasteiger partial charge is 0.278 e. The summed E-state index contributed by atoms with van der Waals surface area (Å²) in [6, 6.07) is 16.8. The van der Waals surface area contributed by atoms with Crippen LogP contribution in [0.3, 0.4) is 0 Å². The zero-order valence-electron chi connectivity index (χ0n) is 16.5. The van der Waals surface area contributed by atoms with E-state index in [1.165, 1.54) is 10.2 Å². The van der Waals surface area contributed by atoms with Crippen molar-refractivity contribution in [1.82, 2.24) is 25.2 Å². The second-order valence-corrected chi connectivity index (χ2v) is 7.58. The molecule has 0 radical (unpaired) electrons. The van der Waals surface area contributed by atoms with Gasteiger partial charge in [-0.2, -0.15) is 4.68 Å². The van der Waals surface area contributed by atoms with Gasteiger partial charge in [-0.25, -0.2) is 0 Å². The molecule has 150 valence electrons. The molecule has 1 aliphatic rings. The van der Waals surface area contributed by atoms with Crippen LogP contribution >= 0.6 is 0 Å². The highest BCUT2D eigenvalue weighted by Gasteiger charge is 2.25. The topological polar surface area (TPSA) is 80.1 Å². The number of piperidine rings is 1. The van der Waals surface area contributed by atoms with Crippen molar-refractivity contribution in [2.45, 2.75) is 38.4 Å². The van der Waals surface area contributed by atoms with Gasteiger partial charge in [0.15, 0.2) is 0 Å². The first-order valence-electron chi connectivity index (χ1n) is 10.0. The largest absolute Gasteiger partial charge is 0.351 e. The van der Waals surface area contributed by atoms with Gasteiger partial charge in [-0.1, -0.05) is 47.7 Å². The van der Waals surface area contributed by atoms with E-state index in [1.807, 2.05) is 6.07 Å². The Kier molecular flexibility index (Phi) is 5.67. The van der Waals surface area contributed by atoms with Crippen molar-refractivity contribution in [1.29, 1.82) is 0 Å². The first kappa shape index (κ1) is 19.3. The van der Waals surface area contributed by atoms with Gasteiger partial charge < -0.3 is 5.32 Å². The lowest BCUT2D eigenvalue weighted by atomic mass is 10.0. The van der Waals surface area contributed by atoms with E-state index in [-0.39, 0.29) is 17.5 Å². The highest BCUT2D eigenvalue weighted by atomic mass is 16.2. The van der Waals surface area contributed by atoms with Gasteiger partial charge >= 0.3 is 0 Å². The maximum absolute atomic E-state index is 12.7. The van der Waals surface area contributed by atoms with Crippen molar-refractivity contribution in [3.05, 3.63) is 70.5 Å². The van der Waals surface area contributed by atoms with Crippen LogP contribution in [-0.4, -0.2) is 44.9 Å². The highest BCUT2D eigenvalue weighted by Crippen LogP contribution is 2.15. The third-order valence-electron chi connectivity index (χ3n) is 5.52. The number of likely N-dealkylation sites (tertiary alicyclic amines) is 1. The predicted octanol–water partition coefficient (Wildman–Crippen LogP) is 2.13. The zero-order chi connectivity index (χ0) is 20.2. The lowest BCUT2D eigenvalue weighted by Crippen LogP contribution is -2.47. The summed E-state index contributed by atoms with van der Waals surface area (Å²) in [5.74, 6) is -0.196. The second kappa shape index (κ2) is 8.53. The van der Waals surface area contributed by atoms with Crippen LogP contribution in [0.2, 0.25) is 0 Å². The molecule has 4 rings (SSSR count). The average molecular weight is 391 g/mol. The summed E-state index contributed by atoms with van der Waals surface area (Å²) >= 11 is 0. The molecule has 0 saturated carbocycles. The first-order valence-corrected chi connectivity index (χ1v) is 10.0. The quantitative estimate of drug-likeness (QED) is 0.721. The van der Waals surface area contributed by atoms with Crippen molar-refractivity contribution >= 4 is 16.8 Å². The van der Waals surface area contributed by atoms with E-state index in [1.54, 1.807) is 31.2 Å². The number of amides is 1. The molecule has 1 aliphatic heterocycles. The van der Waals surface area contributed by atoms with Crippen molar-refractivity contribution in [2.24, 2.45) is 0 Å². The summed E-state index contributed by atoms with van der Waals surface area (Å²) in [5.41, 5.74) is 1.54. The maximum atomic E-state index is 12.7. The van der Waals surface area contributed by atoms with E-state index >= 15 is 0 Å². The molecule has 3 aromatic rings. The van der Waals surface area contributed by atoms with Crippen molar-refractivity contribution < 1.29 is 4.79 Å². The molecule has 1 N–H and O–H groups in total. The molecule has 1 aromatic heterocycles. The van der Waals surface area contributed by atoms with E-state index in [4.69, 9.17) is 0 Å². The minimum Gasteiger partial charge on any atom is -0.351 e. The Morgan fingerprint density at radius 1 is 1.10 bits per heavy atom. The van der Waals surface area contributed by atoms with Gasteiger partial charge in [-0.05, 0) is 37.5 Å². The molecular weight excluding hydrogens is 366 g/mol. The first-order chi connectivity index (χ1) is 14.1. The van der Waals surface area contributed by atoms with Crippen molar-refractivity contribution in [3.8, 4) is 0 Å². The number of hydrogen-bond donors (Lipinski definition) is 1. The van der Waals surface area contributed by atoms with E-state index in [9.17, 15) is 9.59 Å². The number of fused-ring (bicyclic) bond motifs is 1. The number of nitrogens with one attached hydrogen (secondary N) is 1. The van der Waals surface area contributed by atoms with Gasteiger partial charge in [0, 0.05) is 25.7 Å². The van der Waals surface area contributed by atoms with Gasteiger partial charge in [0.1, 0.15) is 11.6 Å². The van der Waals surface area contributed by atoms with E-state index in [0.29, 0.717) is 10.9 Å². The Balaban J connectivity index is 1.35. The Bertz CT molecular complexity index is 1040. The Morgan fingerprint density at radius 2 is 1.79 bits per heavy atom. The van der Waals surface area contributed by atoms with Crippen LogP contribution in [0.15, 0.2) is 59.4 Å². The number of hydrogen-bond acceptors (Lipinski definition) is 5. The molecule has 7 heteroatoms. The van der Waals surface area contributed by atoms with Crippen LogP contribution in [0, 0.1) is 0 Å².